The molecule has 2 N–H and O–H groups in total. The van der Waals surface area contributed by atoms with E-state index < -0.39 is 0 Å². The van der Waals surface area contributed by atoms with E-state index in [4.69, 9.17) is 16.3 Å². The van der Waals surface area contributed by atoms with Gasteiger partial charge in [0.1, 0.15) is 23.6 Å². The van der Waals surface area contributed by atoms with E-state index in [0.29, 0.717) is 22.3 Å². The Balaban J connectivity index is 1.80. The molecule has 0 spiro atoms. The highest BCUT2D eigenvalue weighted by Crippen LogP contribution is 2.31. The third-order valence-corrected chi connectivity index (χ3v) is 4.08. The Kier molecular flexibility index (Phi) is 5.34. The molecule has 1 aromatic heterocycles. The second kappa shape index (κ2) is 7.84. The summed E-state index contributed by atoms with van der Waals surface area (Å²) < 4.78 is 5.28. The zero-order valence-electron chi connectivity index (χ0n) is 14.3. The molecule has 1 amide bonds. The van der Waals surface area contributed by atoms with Crippen LogP contribution in [0.15, 0.2) is 54.9 Å². The molecule has 0 atom stereocenters. The summed E-state index contributed by atoms with van der Waals surface area (Å²) in [4.78, 5) is 20.7. The summed E-state index contributed by atoms with van der Waals surface area (Å²) in [7, 11) is 1.52. The van der Waals surface area contributed by atoms with Crippen molar-refractivity contribution in [2.45, 2.75) is 6.92 Å². The number of ether oxygens (including phenoxy) is 1. The maximum atomic E-state index is 12.6. The van der Waals surface area contributed by atoms with E-state index in [2.05, 4.69) is 20.6 Å². The van der Waals surface area contributed by atoms with Crippen LogP contribution in [0.5, 0.6) is 5.75 Å². The second-order valence-electron chi connectivity index (χ2n) is 5.54. The largest absolute Gasteiger partial charge is 0.495 e. The normalized spacial score (nSPS) is 10.3. The van der Waals surface area contributed by atoms with E-state index >= 15 is 0 Å². The van der Waals surface area contributed by atoms with E-state index in [1.165, 1.54) is 13.4 Å². The Morgan fingerprint density at radius 2 is 1.88 bits per heavy atom. The fourth-order valence-electron chi connectivity index (χ4n) is 2.34. The highest BCUT2D eigenvalue weighted by atomic mass is 35.5. The minimum absolute atomic E-state index is 0.230. The summed E-state index contributed by atoms with van der Waals surface area (Å²) in [6, 6.07) is 14.5. The van der Waals surface area contributed by atoms with Crippen molar-refractivity contribution in [3.8, 4) is 5.75 Å². The first-order valence-corrected chi connectivity index (χ1v) is 8.24. The van der Waals surface area contributed by atoms with Crippen LogP contribution < -0.4 is 15.4 Å². The van der Waals surface area contributed by atoms with Crippen LogP contribution >= 0.6 is 11.6 Å². The molecule has 3 aromatic rings. The van der Waals surface area contributed by atoms with Crippen LogP contribution in [0.3, 0.4) is 0 Å². The third-order valence-electron chi connectivity index (χ3n) is 3.67. The minimum atomic E-state index is -0.372. The summed E-state index contributed by atoms with van der Waals surface area (Å²) in [5.41, 5.74) is 2.45. The molecule has 0 aliphatic heterocycles. The van der Waals surface area contributed by atoms with Gasteiger partial charge in [0, 0.05) is 22.8 Å². The lowest BCUT2D eigenvalue weighted by Crippen LogP contribution is -2.15. The molecule has 0 unspecified atom stereocenters. The Hall–Kier alpha value is -3.12. The molecule has 0 saturated heterocycles. The zero-order chi connectivity index (χ0) is 18.5. The number of aryl methyl sites for hydroxylation is 1. The number of rotatable bonds is 5. The van der Waals surface area contributed by atoms with Gasteiger partial charge in [0.2, 0.25) is 0 Å². The molecule has 0 bridgehead atoms. The maximum Gasteiger partial charge on any atom is 0.274 e. The summed E-state index contributed by atoms with van der Waals surface area (Å²) in [6.45, 7) is 1.85. The molecule has 0 fully saturated rings. The molecule has 6 nitrogen and oxygen atoms in total. The summed E-state index contributed by atoms with van der Waals surface area (Å²) in [5, 5.41) is 6.49. The van der Waals surface area contributed by atoms with Crippen LogP contribution in [-0.4, -0.2) is 23.0 Å². The van der Waals surface area contributed by atoms with Gasteiger partial charge >= 0.3 is 0 Å². The Morgan fingerprint density at radius 1 is 1.12 bits per heavy atom. The van der Waals surface area contributed by atoms with Crippen LogP contribution in [-0.2, 0) is 0 Å². The number of hydrogen-bond acceptors (Lipinski definition) is 5. The number of nitrogens with zero attached hydrogens (tertiary/aromatic N) is 2. The van der Waals surface area contributed by atoms with Crippen LogP contribution in [0.1, 0.15) is 16.1 Å². The van der Waals surface area contributed by atoms with Crippen molar-refractivity contribution in [3.05, 3.63) is 71.1 Å². The first kappa shape index (κ1) is 17.7. The van der Waals surface area contributed by atoms with Gasteiger partial charge in [-0.15, -0.1) is 0 Å². The van der Waals surface area contributed by atoms with Crippen molar-refractivity contribution in [1.82, 2.24) is 9.97 Å². The number of benzene rings is 2. The fourth-order valence-corrected chi connectivity index (χ4v) is 2.49. The van der Waals surface area contributed by atoms with Crippen LogP contribution in [0.4, 0.5) is 17.2 Å². The average molecular weight is 369 g/mol. The number of amides is 1. The lowest BCUT2D eigenvalue weighted by molar-refractivity contribution is 0.102. The Bertz CT molecular complexity index is 932. The van der Waals surface area contributed by atoms with Gasteiger partial charge in [0.15, 0.2) is 0 Å². The Morgan fingerprint density at radius 3 is 2.62 bits per heavy atom. The number of aromatic nitrogens is 2. The molecule has 0 radical (unpaired) electrons. The SMILES string of the molecule is COc1cc(Cl)c(C)cc1NC(=O)c1cc(Nc2ccccc2)ncn1. The van der Waals surface area contributed by atoms with E-state index in [-0.39, 0.29) is 11.6 Å². The van der Waals surface area contributed by atoms with Crippen molar-refractivity contribution < 1.29 is 9.53 Å². The van der Waals surface area contributed by atoms with Crippen LogP contribution in [0, 0.1) is 6.92 Å². The number of hydrogen-bond donors (Lipinski definition) is 2. The van der Waals surface area contributed by atoms with Crippen LogP contribution in [0.2, 0.25) is 5.02 Å². The van der Waals surface area contributed by atoms with Crippen molar-refractivity contribution in [1.29, 1.82) is 0 Å². The quantitative estimate of drug-likeness (QED) is 0.696. The van der Waals surface area contributed by atoms with Crippen LogP contribution in [0.25, 0.3) is 0 Å². The maximum absolute atomic E-state index is 12.6. The molecular weight excluding hydrogens is 352 g/mol. The molecule has 132 valence electrons. The molecular formula is C19H17ClN4O2. The van der Waals surface area contributed by atoms with E-state index in [1.54, 1.807) is 18.2 Å². The minimum Gasteiger partial charge on any atom is -0.495 e. The highest BCUT2D eigenvalue weighted by Gasteiger charge is 2.14. The van der Waals surface area contributed by atoms with Crippen molar-refractivity contribution in [3.63, 3.8) is 0 Å². The summed E-state index contributed by atoms with van der Waals surface area (Å²) in [6.07, 6.45) is 1.34. The smallest absolute Gasteiger partial charge is 0.274 e. The van der Waals surface area contributed by atoms with E-state index in [0.717, 1.165) is 11.3 Å². The van der Waals surface area contributed by atoms with Gasteiger partial charge in [0.25, 0.3) is 5.91 Å². The number of anilines is 3. The number of methoxy groups -OCH3 is 1. The van der Waals surface area contributed by atoms with Crippen molar-refractivity contribution in [2.75, 3.05) is 17.7 Å². The molecule has 26 heavy (non-hydrogen) atoms. The van der Waals surface area contributed by atoms with Gasteiger partial charge in [-0.2, -0.15) is 0 Å². The monoisotopic (exact) mass is 368 g/mol. The Labute approximate surface area is 156 Å². The molecule has 3 rings (SSSR count). The predicted molar refractivity (Wildman–Crippen MR) is 102 cm³/mol. The fraction of sp³-hybridized carbons (Fsp3) is 0.105. The van der Waals surface area contributed by atoms with Gasteiger partial charge in [0.05, 0.1) is 12.8 Å². The van der Waals surface area contributed by atoms with Gasteiger partial charge < -0.3 is 15.4 Å². The molecule has 0 aliphatic carbocycles. The lowest BCUT2D eigenvalue weighted by atomic mass is 10.2. The number of para-hydroxylation sites is 1. The third kappa shape index (κ3) is 4.10. The molecule has 2 aromatic carbocycles. The molecule has 1 heterocycles. The van der Waals surface area contributed by atoms with E-state index in [1.807, 2.05) is 37.3 Å². The molecule has 7 heteroatoms. The van der Waals surface area contributed by atoms with E-state index in [9.17, 15) is 4.79 Å². The molecule has 0 saturated carbocycles. The molecule has 0 aliphatic rings. The first-order valence-electron chi connectivity index (χ1n) is 7.86. The zero-order valence-corrected chi connectivity index (χ0v) is 15.0. The predicted octanol–water partition coefficient (Wildman–Crippen LogP) is 4.44. The van der Waals surface area contributed by atoms with Crippen molar-refractivity contribution >= 4 is 34.7 Å². The average Bonchev–Trinajstić information content (AvgIpc) is 2.65. The van der Waals surface area contributed by atoms with Gasteiger partial charge in [-0.3, -0.25) is 4.79 Å². The number of nitrogens with one attached hydrogen (secondary N) is 2. The lowest BCUT2D eigenvalue weighted by Gasteiger charge is -2.12. The number of carbonyl (C=O) groups is 1. The van der Waals surface area contributed by atoms with Gasteiger partial charge in [-0.1, -0.05) is 29.8 Å². The summed E-state index contributed by atoms with van der Waals surface area (Å²) >= 11 is 6.09. The number of halogens is 1. The summed E-state index contributed by atoms with van der Waals surface area (Å²) in [5.74, 6) is 0.629. The standard InChI is InChI=1S/C19H17ClN4O2/c1-12-8-15(17(26-2)9-14(12)20)24-19(25)16-10-18(22-11-21-16)23-13-6-4-3-5-7-13/h3-11H,1-2H3,(H,24,25)(H,21,22,23). The van der Waals surface area contributed by atoms with Gasteiger partial charge in [-0.25, -0.2) is 9.97 Å². The highest BCUT2D eigenvalue weighted by molar-refractivity contribution is 6.31. The van der Waals surface area contributed by atoms with Crippen molar-refractivity contribution in [2.24, 2.45) is 0 Å². The topological polar surface area (TPSA) is 76.1 Å². The van der Waals surface area contributed by atoms with Gasteiger partial charge in [-0.05, 0) is 30.7 Å². The first-order chi connectivity index (χ1) is 12.6. The number of carbonyl (C=O) groups excluding carboxylic acids is 1. The second-order valence-corrected chi connectivity index (χ2v) is 5.94.